The Labute approximate surface area is 169 Å². The first-order valence-electron chi connectivity index (χ1n) is 10.5. The number of carbonyl (C=O) groups excluding carboxylic acids is 4. The molecule has 1 aromatic carbocycles. The predicted molar refractivity (Wildman–Crippen MR) is 103 cm³/mol. The Hall–Kier alpha value is -2.70. The first-order valence-corrected chi connectivity index (χ1v) is 10.5. The number of hydrazine groups is 1. The summed E-state index contributed by atoms with van der Waals surface area (Å²) in [6, 6.07) is 6.50. The van der Waals surface area contributed by atoms with Crippen molar-refractivity contribution in [3.8, 4) is 0 Å². The van der Waals surface area contributed by atoms with Crippen LogP contribution in [0.3, 0.4) is 0 Å². The normalized spacial score (nSPS) is 31.7. The molecule has 0 aromatic heterocycles. The first-order chi connectivity index (χ1) is 13.9. The summed E-state index contributed by atoms with van der Waals surface area (Å²) in [5, 5.41) is 0. The fourth-order valence-corrected chi connectivity index (χ4v) is 6.60. The first kappa shape index (κ1) is 18.3. The van der Waals surface area contributed by atoms with Crippen molar-refractivity contribution in [1.29, 1.82) is 0 Å². The number of rotatable bonds is 4. The van der Waals surface area contributed by atoms with Crippen molar-refractivity contribution in [3.05, 3.63) is 35.4 Å². The van der Waals surface area contributed by atoms with Crippen LogP contribution in [0.25, 0.3) is 0 Å². The Bertz CT molecular complexity index is 839. The molecule has 6 rings (SSSR count). The molecule has 0 unspecified atom stereocenters. The number of amides is 4. The van der Waals surface area contributed by atoms with Crippen LogP contribution in [0.5, 0.6) is 0 Å². The molecule has 4 fully saturated rings. The molecule has 5 aliphatic rings. The molecule has 7 heteroatoms. The number of imide groups is 1. The second-order valence-electron chi connectivity index (χ2n) is 9.43. The third-order valence-electron chi connectivity index (χ3n) is 7.22. The van der Waals surface area contributed by atoms with Crippen LogP contribution in [0.15, 0.2) is 24.3 Å². The molecular formula is C22H25N3O4. The minimum atomic E-state index is -0.585. The summed E-state index contributed by atoms with van der Waals surface area (Å²) in [6.45, 7) is -0.413. The van der Waals surface area contributed by atoms with Crippen molar-refractivity contribution in [3.63, 3.8) is 0 Å². The predicted octanol–water partition coefficient (Wildman–Crippen LogP) is 2.04. The van der Waals surface area contributed by atoms with E-state index in [9.17, 15) is 19.2 Å². The molecule has 0 radical (unpaired) electrons. The molecular weight excluding hydrogens is 370 g/mol. The van der Waals surface area contributed by atoms with E-state index in [4.69, 9.17) is 0 Å². The molecule has 1 aliphatic heterocycles. The van der Waals surface area contributed by atoms with Gasteiger partial charge < -0.3 is 0 Å². The summed E-state index contributed by atoms with van der Waals surface area (Å²) in [4.78, 5) is 50.3. The van der Waals surface area contributed by atoms with E-state index in [2.05, 4.69) is 10.9 Å². The molecule has 4 bridgehead atoms. The third-order valence-corrected chi connectivity index (χ3v) is 7.22. The summed E-state index contributed by atoms with van der Waals surface area (Å²) >= 11 is 0. The molecule has 0 spiro atoms. The number of nitrogens with zero attached hydrogens (tertiary/aromatic N) is 1. The Kier molecular flexibility index (Phi) is 4.22. The van der Waals surface area contributed by atoms with Gasteiger partial charge in [-0.1, -0.05) is 12.1 Å². The fourth-order valence-electron chi connectivity index (χ4n) is 6.60. The van der Waals surface area contributed by atoms with Gasteiger partial charge in [0.1, 0.15) is 6.54 Å². The van der Waals surface area contributed by atoms with E-state index in [0.717, 1.165) is 41.9 Å². The lowest BCUT2D eigenvalue weighted by atomic mass is 9.49. The molecule has 2 N–H and O–H groups in total. The molecule has 4 saturated carbocycles. The molecule has 152 valence electrons. The van der Waals surface area contributed by atoms with E-state index in [1.54, 1.807) is 24.3 Å². The van der Waals surface area contributed by atoms with Crippen LogP contribution in [-0.2, 0) is 9.59 Å². The van der Waals surface area contributed by atoms with Gasteiger partial charge in [-0.15, -0.1) is 0 Å². The van der Waals surface area contributed by atoms with Gasteiger partial charge in [-0.25, -0.2) is 0 Å². The number of carbonyl (C=O) groups is 4. The van der Waals surface area contributed by atoms with Gasteiger partial charge in [-0.2, -0.15) is 0 Å². The minimum Gasteiger partial charge on any atom is -0.273 e. The zero-order valence-electron chi connectivity index (χ0n) is 16.3. The Balaban J connectivity index is 1.14. The van der Waals surface area contributed by atoms with Crippen molar-refractivity contribution in [2.45, 2.75) is 44.9 Å². The van der Waals surface area contributed by atoms with Gasteiger partial charge in [-0.05, 0) is 73.8 Å². The average molecular weight is 395 g/mol. The van der Waals surface area contributed by atoms with Gasteiger partial charge in [0.05, 0.1) is 11.1 Å². The zero-order valence-corrected chi connectivity index (χ0v) is 16.3. The third kappa shape index (κ3) is 3.22. The minimum absolute atomic E-state index is 0.0894. The van der Waals surface area contributed by atoms with Crippen LogP contribution in [0, 0.1) is 23.2 Å². The standard InChI is InChI=1S/C22H25N3O4/c26-18(11-22-8-13-5-14(9-22)7-15(6-13)10-22)23-24-19(27)12-25-20(28)16-3-1-2-4-17(16)21(25)29/h1-4,13-15H,5-12H2,(H,23,26)(H,24,27). The molecule has 0 atom stereocenters. The van der Waals surface area contributed by atoms with Gasteiger partial charge in [0.2, 0.25) is 5.91 Å². The van der Waals surface area contributed by atoms with Crippen molar-refractivity contribution in [2.24, 2.45) is 23.2 Å². The largest absolute Gasteiger partial charge is 0.273 e. The maximum atomic E-state index is 12.5. The van der Waals surface area contributed by atoms with Crippen LogP contribution in [0.4, 0.5) is 0 Å². The fraction of sp³-hybridized carbons (Fsp3) is 0.545. The second-order valence-corrected chi connectivity index (χ2v) is 9.43. The molecule has 7 nitrogen and oxygen atoms in total. The summed E-state index contributed by atoms with van der Waals surface area (Å²) in [7, 11) is 0. The number of benzene rings is 1. The summed E-state index contributed by atoms with van der Waals surface area (Å²) in [6.07, 6.45) is 7.75. The maximum absolute atomic E-state index is 12.5. The summed E-state index contributed by atoms with van der Waals surface area (Å²) in [5.41, 5.74) is 5.56. The zero-order chi connectivity index (χ0) is 20.2. The van der Waals surface area contributed by atoms with E-state index in [1.807, 2.05) is 0 Å². The molecule has 4 amide bonds. The van der Waals surface area contributed by atoms with Crippen molar-refractivity contribution >= 4 is 23.6 Å². The van der Waals surface area contributed by atoms with Crippen LogP contribution < -0.4 is 10.9 Å². The second kappa shape index (κ2) is 6.68. The lowest BCUT2D eigenvalue weighted by molar-refractivity contribution is -0.134. The van der Waals surface area contributed by atoms with Gasteiger partial charge in [0, 0.05) is 6.42 Å². The van der Waals surface area contributed by atoms with Crippen molar-refractivity contribution < 1.29 is 19.2 Å². The highest BCUT2D eigenvalue weighted by molar-refractivity contribution is 6.22. The van der Waals surface area contributed by atoms with E-state index >= 15 is 0 Å². The highest BCUT2D eigenvalue weighted by Gasteiger charge is 2.51. The summed E-state index contributed by atoms with van der Waals surface area (Å²) in [5.74, 6) is 0.537. The van der Waals surface area contributed by atoms with Crippen molar-refractivity contribution in [1.82, 2.24) is 15.8 Å². The molecule has 29 heavy (non-hydrogen) atoms. The lowest BCUT2D eigenvalue weighted by Crippen LogP contribution is -2.51. The van der Waals surface area contributed by atoms with E-state index in [-0.39, 0.29) is 11.3 Å². The number of hydrogen-bond donors (Lipinski definition) is 2. The average Bonchev–Trinajstić information content (AvgIpc) is 2.90. The highest BCUT2D eigenvalue weighted by Crippen LogP contribution is 2.61. The SMILES string of the molecule is O=C(CN1C(=O)c2ccccc2C1=O)NNC(=O)CC12CC3CC(CC(C3)C1)C2. The van der Waals surface area contributed by atoms with E-state index in [1.165, 1.54) is 19.3 Å². The molecule has 1 aromatic rings. The molecule has 0 saturated heterocycles. The lowest BCUT2D eigenvalue weighted by Gasteiger charge is -2.56. The number of nitrogens with one attached hydrogen (secondary N) is 2. The van der Waals surface area contributed by atoms with Crippen LogP contribution >= 0.6 is 0 Å². The molecule has 1 heterocycles. The Morgan fingerprint density at radius 1 is 0.862 bits per heavy atom. The van der Waals surface area contributed by atoms with Crippen LogP contribution in [0.1, 0.15) is 65.7 Å². The van der Waals surface area contributed by atoms with E-state index < -0.39 is 24.3 Å². The van der Waals surface area contributed by atoms with Gasteiger partial charge in [-0.3, -0.25) is 34.9 Å². The monoisotopic (exact) mass is 395 g/mol. The number of fused-ring (bicyclic) bond motifs is 1. The van der Waals surface area contributed by atoms with Gasteiger partial charge in [0.15, 0.2) is 0 Å². The quantitative estimate of drug-likeness (QED) is 0.602. The van der Waals surface area contributed by atoms with Gasteiger partial charge >= 0.3 is 0 Å². The topological polar surface area (TPSA) is 95.6 Å². The molecule has 4 aliphatic carbocycles. The van der Waals surface area contributed by atoms with Crippen LogP contribution in [-0.4, -0.2) is 35.1 Å². The smallest absolute Gasteiger partial charge is 0.262 e. The van der Waals surface area contributed by atoms with E-state index in [0.29, 0.717) is 17.5 Å². The number of hydrogen-bond acceptors (Lipinski definition) is 4. The Morgan fingerprint density at radius 2 is 1.34 bits per heavy atom. The van der Waals surface area contributed by atoms with Gasteiger partial charge in [0.25, 0.3) is 17.7 Å². The van der Waals surface area contributed by atoms with Crippen molar-refractivity contribution in [2.75, 3.05) is 6.54 Å². The maximum Gasteiger partial charge on any atom is 0.262 e. The Morgan fingerprint density at radius 3 is 1.86 bits per heavy atom. The van der Waals surface area contributed by atoms with Crippen LogP contribution in [0.2, 0.25) is 0 Å². The summed E-state index contributed by atoms with van der Waals surface area (Å²) < 4.78 is 0. The highest BCUT2D eigenvalue weighted by atomic mass is 16.2.